The van der Waals surface area contributed by atoms with E-state index in [4.69, 9.17) is 9.47 Å². The number of pyridine rings is 1. The van der Waals surface area contributed by atoms with Crippen LogP contribution in [0.2, 0.25) is 0 Å². The van der Waals surface area contributed by atoms with E-state index in [1.165, 1.54) is 22.8 Å². The van der Waals surface area contributed by atoms with Gasteiger partial charge in [-0.05, 0) is 24.3 Å². The highest BCUT2D eigenvalue weighted by Crippen LogP contribution is 2.36. The Morgan fingerprint density at radius 3 is 2.58 bits per heavy atom. The molecule has 3 heterocycles. The Kier molecular flexibility index (Phi) is 4.25. The number of sulfonamides is 1. The summed E-state index contributed by atoms with van der Waals surface area (Å²) in [6.07, 6.45) is 2.86. The van der Waals surface area contributed by atoms with Crippen LogP contribution >= 0.6 is 0 Å². The normalized spacial score (nSPS) is 17.3. The number of nitrogens with zero attached hydrogens (tertiary/aromatic N) is 3. The van der Waals surface area contributed by atoms with E-state index in [2.05, 4.69) is 4.98 Å². The van der Waals surface area contributed by atoms with Crippen LogP contribution in [-0.2, 0) is 10.0 Å². The number of benzene rings is 1. The van der Waals surface area contributed by atoms with E-state index in [-0.39, 0.29) is 30.7 Å². The summed E-state index contributed by atoms with van der Waals surface area (Å²) in [6.45, 7) is 1.17. The van der Waals surface area contributed by atoms with Gasteiger partial charge in [0, 0.05) is 38.6 Å². The fourth-order valence-electron chi connectivity index (χ4n) is 3.05. The molecule has 0 aliphatic carbocycles. The van der Waals surface area contributed by atoms with Crippen LogP contribution in [-0.4, -0.2) is 61.5 Å². The van der Waals surface area contributed by atoms with Crippen LogP contribution in [0.15, 0.2) is 47.6 Å². The molecule has 1 amide bonds. The third-order valence-electron chi connectivity index (χ3n) is 4.43. The maximum atomic E-state index is 12.8. The number of fused-ring (bicyclic) bond motifs is 1. The van der Waals surface area contributed by atoms with Gasteiger partial charge in [-0.25, -0.2) is 8.42 Å². The molecule has 2 aliphatic heterocycles. The molecule has 2 aromatic rings. The summed E-state index contributed by atoms with van der Waals surface area (Å²) in [5.41, 5.74) is 0.434. The molecule has 0 radical (unpaired) electrons. The Hall–Kier alpha value is -2.65. The van der Waals surface area contributed by atoms with Crippen molar-refractivity contribution in [3.8, 4) is 11.5 Å². The van der Waals surface area contributed by atoms with Crippen molar-refractivity contribution >= 4 is 15.9 Å². The minimum atomic E-state index is -3.60. The summed E-state index contributed by atoms with van der Waals surface area (Å²) in [5, 5.41) is 0. The van der Waals surface area contributed by atoms with E-state index in [9.17, 15) is 13.2 Å². The second kappa shape index (κ2) is 6.58. The van der Waals surface area contributed by atoms with Crippen LogP contribution in [0.5, 0.6) is 11.5 Å². The number of piperazine rings is 1. The summed E-state index contributed by atoms with van der Waals surface area (Å²) in [7, 11) is -3.60. The van der Waals surface area contributed by atoms with Gasteiger partial charge in [-0.15, -0.1) is 0 Å². The lowest BCUT2D eigenvalue weighted by molar-refractivity contribution is 0.0693. The number of amides is 1. The summed E-state index contributed by atoms with van der Waals surface area (Å²) in [6, 6.07) is 8.28. The number of hydrogen-bond donors (Lipinski definition) is 0. The average molecular weight is 375 g/mol. The van der Waals surface area contributed by atoms with Crippen LogP contribution in [0.25, 0.3) is 0 Å². The van der Waals surface area contributed by atoms with E-state index in [1.54, 1.807) is 29.2 Å². The number of carbonyl (C=O) groups excluding carboxylic acids is 1. The van der Waals surface area contributed by atoms with Gasteiger partial charge in [-0.1, -0.05) is 6.07 Å². The number of rotatable bonds is 3. The molecule has 0 N–H and O–H groups in total. The van der Waals surface area contributed by atoms with Gasteiger partial charge in [0.25, 0.3) is 5.91 Å². The molecule has 0 unspecified atom stereocenters. The summed E-state index contributed by atoms with van der Waals surface area (Å²) in [4.78, 5) is 18.5. The van der Waals surface area contributed by atoms with E-state index in [1.807, 2.05) is 0 Å². The van der Waals surface area contributed by atoms with Crippen LogP contribution < -0.4 is 9.47 Å². The molecule has 0 saturated carbocycles. The molecule has 9 heteroatoms. The van der Waals surface area contributed by atoms with E-state index in [0.717, 1.165) is 0 Å². The largest absolute Gasteiger partial charge is 0.454 e. The molecule has 2 aliphatic rings. The van der Waals surface area contributed by atoms with Gasteiger partial charge in [0.1, 0.15) is 4.90 Å². The number of carbonyl (C=O) groups is 1. The molecule has 0 bridgehead atoms. The lowest BCUT2D eigenvalue weighted by atomic mass is 10.1. The Morgan fingerprint density at radius 2 is 1.85 bits per heavy atom. The van der Waals surface area contributed by atoms with Gasteiger partial charge in [-0.2, -0.15) is 4.31 Å². The highest BCUT2D eigenvalue weighted by molar-refractivity contribution is 7.89. The van der Waals surface area contributed by atoms with E-state index < -0.39 is 10.0 Å². The monoisotopic (exact) mass is 375 g/mol. The second-order valence-electron chi connectivity index (χ2n) is 5.92. The molecule has 4 rings (SSSR count). The first-order valence-corrected chi connectivity index (χ1v) is 9.59. The van der Waals surface area contributed by atoms with Crippen molar-refractivity contribution in [2.24, 2.45) is 0 Å². The first kappa shape index (κ1) is 16.8. The number of para-hydroxylation sites is 1. The molecule has 26 heavy (non-hydrogen) atoms. The highest BCUT2D eigenvalue weighted by Gasteiger charge is 2.32. The predicted molar refractivity (Wildman–Crippen MR) is 91.5 cm³/mol. The van der Waals surface area contributed by atoms with Gasteiger partial charge in [0.05, 0.1) is 5.56 Å². The number of ether oxygens (including phenoxy) is 2. The summed E-state index contributed by atoms with van der Waals surface area (Å²) in [5.74, 6) is 0.808. The molecule has 1 aromatic carbocycles. The Morgan fingerprint density at radius 1 is 1.04 bits per heavy atom. The third kappa shape index (κ3) is 2.89. The van der Waals surface area contributed by atoms with Crippen molar-refractivity contribution in [1.29, 1.82) is 0 Å². The third-order valence-corrected chi connectivity index (χ3v) is 6.31. The molecular weight excluding hydrogens is 358 g/mol. The smallest absolute Gasteiger partial charge is 0.257 e. The van der Waals surface area contributed by atoms with Gasteiger partial charge < -0.3 is 14.4 Å². The quantitative estimate of drug-likeness (QED) is 0.794. The van der Waals surface area contributed by atoms with Crippen LogP contribution in [0.1, 0.15) is 10.4 Å². The Bertz CT molecular complexity index is 925. The average Bonchev–Trinajstić information content (AvgIpc) is 3.17. The zero-order chi connectivity index (χ0) is 18.1. The number of hydrogen-bond acceptors (Lipinski definition) is 6. The zero-order valence-electron chi connectivity index (χ0n) is 13.9. The maximum Gasteiger partial charge on any atom is 0.257 e. The molecule has 8 nitrogen and oxygen atoms in total. The van der Waals surface area contributed by atoms with Gasteiger partial charge in [0.2, 0.25) is 16.8 Å². The predicted octanol–water partition coefficient (Wildman–Crippen LogP) is 0.957. The standard InChI is InChI=1S/C17H17N3O5S/c21-17(14-4-1-5-15-16(14)25-12-24-15)19-7-9-20(10-8-19)26(22,23)13-3-2-6-18-11-13/h1-6,11H,7-10,12H2. The van der Waals surface area contributed by atoms with Crippen LogP contribution in [0.4, 0.5) is 0 Å². The molecule has 1 saturated heterocycles. The van der Waals surface area contributed by atoms with Crippen molar-refractivity contribution < 1.29 is 22.7 Å². The summed E-state index contributed by atoms with van der Waals surface area (Å²) >= 11 is 0. The van der Waals surface area contributed by atoms with Crippen LogP contribution in [0, 0.1) is 0 Å². The van der Waals surface area contributed by atoms with Crippen molar-refractivity contribution in [2.75, 3.05) is 33.0 Å². The Balaban J connectivity index is 1.47. The first-order chi connectivity index (χ1) is 12.6. The van der Waals surface area contributed by atoms with Crippen molar-refractivity contribution in [1.82, 2.24) is 14.2 Å². The molecule has 1 aromatic heterocycles. The molecular formula is C17H17N3O5S. The minimum Gasteiger partial charge on any atom is -0.454 e. The van der Waals surface area contributed by atoms with Gasteiger partial charge in [0.15, 0.2) is 11.5 Å². The van der Waals surface area contributed by atoms with E-state index in [0.29, 0.717) is 30.2 Å². The molecule has 0 spiro atoms. The van der Waals surface area contributed by atoms with Crippen molar-refractivity contribution in [3.05, 3.63) is 48.3 Å². The Labute approximate surface area is 151 Å². The van der Waals surface area contributed by atoms with Gasteiger partial charge >= 0.3 is 0 Å². The van der Waals surface area contributed by atoms with Gasteiger partial charge in [-0.3, -0.25) is 9.78 Å². The lowest BCUT2D eigenvalue weighted by Gasteiger charge is -2.34. The van der Waals surface area contributed by atoms with Crippen molar-refractivity contribution in [3.63, 3.8) is 0 Å². The van der Waals surface area contributed by atoms with Crippen LogP contribution in [0.3, 0.4) is 0 Å². The summed E-state index contributed by atoms with van der Waals surface area (Å²) < 4.78 is 37.3. The van der Waals surface area contributed by atoms with E-state index >= 15 is 0 Å². The van der Waals surface area contributed by atoms with Crippen molar-refractivity contribution in [2.45, 2.75) is 4.90 Å². The second-order valence-corrected chi connectivity index (χ2v) is 7.86. The zero-order valence-corrected chi connectivity index (χ0v) is 14.7. The molecule has 1 fully saturated rings. The minimum absolute atomic E-state index is 0.0940. The fourth-order valence-corrected chi connectivity index (χ4v) is 4.44. The maximum absolute atomic E-state index is 12.8. The SMILES string of the molecule is O=C(c1cccc2c1OCO2)N1CCN(S(=O)(=O)c2cccnc2)CC1. The first-order valence-electron chi connectivity index (χ1n) is 8.15. The molecule has 0 atom stereocenters. The lowest BCUT2D eigenvalue weighted by Crippen LogP contribution is -2.50. The highest BCUT2D eigenvalue weighted by atomic mass is 32.2. The number of aromatic nitrogens is 1. The fraction of sp³-hybridized carbons (Fsp3) is 0.294. The topological polar surface area (TPSA) is 89.0 Å². The molecule has 136 valence electrons.